The van der Waals surface area contributed by atoms with Crippen molar-refractivity contribution in [3.8, 4) is 0 Å². The summed E-state index contributed by atoms with van der Waals surface area (Å²) in [6.45, 7) is 10.8. The third kappa shape index (κ3) is 7.00. The maximum atomic E-state index is 12.4. The largest absolute Gasteiger partial charge is 0.443 e. The molecule has 0 heterocycles. The van der Waals surface area contributed by atoms with Crippen LogP contribution in [0.4, 0.5) is 9.59 Å². The SMILES string of the molecule is CC(C)(C)OC(=O)NN(C(=O)OC(C)(C)C)C1CCCCC1. The van der Waals surface area contributed by atoms with E-state index in [-0.39, 0.29) is 6.04 Å². The lowest BCUT2D eigenvalue weighted by Gasteiger charge is -2.35. The van der Waals surface area contributed by atoms with Crippen LogP contribution in [0.3, 0.4) is 0 Å². The highest BCUT2D eigenvalue weighted by atomic mass is 16.6. The Morgan fingerprint density at radius 1 is 0.909 bits per heavy atom. The minimum atomic E-state index is -0.635. The molecule has 0 atom stereocenters. The van der Waals surface area contributed by atoms with Crippen LogP contribution in [0, 0.1) is 0 Å². The molecule has 0 aromatic carbocycles. The highest BCUT2D eigenvalue weighted by molar-refractivity contribution is 5.74. The smallest absolute Gasteiger partial charge is 0.429 e. The Labute approximate surface area is 133 Å². The first-order valence-corrected chi connectivity index (χ1v) is 8.00. The van der Waals surface area contributed by atoms with Gasteiger partial charge in [0.2, 0.25) is 0 Å². The van der Waals surface area contributed by atoms with Gasteiger partial charge in [0, 0.05) is 0 Å². The van der Waals surface area contributed by atoms with E-state index >= 15 is 0 Å². The van der Waals surface area contributed by atoms with Crippen LogP contribution in [0.15, 0.2) is 0 Å². The van der Waals surface area contributed by atoms with E-state index in [1.54, 1.807) is 41.5 Å². The molecule has 2 amide bonds. The molecule has 1 fully saturated rings. The number of nitrogens with one attached hydrogen (secondary N) is 1. The molecule has 0 aromatic heterocycles. The number of hydrazine groups is 1. The summed E-state index contributed by atoms with van der Waals surface area (Å²) >= 11 is 0. The zero-order valence-electron chi connectivity index (χ0n) is 14.7. The van der Waals surface area contributed by atoms with Gasteiger partial charge in [0.05, 0.1) is 6.04 Å². The molecule has 1 aliphatic carbocycles. The van der Waals surface area contributed by atoms with Crippen molar-refractivity contribution in [2.45, 2.75) is 90.9 Å². The molecule has 0 unspecified atom stereocenters. The topological polar surface area (TPSA) is 67.9 Å². The molecule has 1 aliphatic rings. The summed E-state index contributed by atoms with van der Waals surface area (Å²) in [5, 5.41) is 1.30. The molecule has 128 valence electrons. The Morgan fingerprint density at radius 3 is 1.86 bits per heavy atom. The van der Waals surface area contributed by atoms with Gasteiger partial charge in [-0.15, -0.1) is 0 Å². The standard InChI is InChI=1S/C16H30N2O4/c1-15(2,3)21-13(19)17-18(12-10-8-7-9-11-12)14(20)22-16(4,5)6/h12H,7-11H2,1-6H3,(H,17,19). The van der Waals surface area contributed by atoms with Gasteiger partial charge in [0.15, 0.2) is 0 Å². The van der Waals surface area contributed by atoms with E-state index in [1.807, 2.05) is 0 Å². The summed E-state index contributed by atoms with van der Waals surface area (Å²) in [7, 11) is 0. The third-order valence-electron chi connectivity index (χ3n) is 3.14. The zero-order valence-corrected chi connectivity index (χ0v) is 14.7. The molecule has 1 N–H and O–H groups in total. The van der Waals surface area contributed by atoms with Crippen LogP contribution in [0.25, 0.3) is 0 Å². The van der Waals surface area contributed by atoms with Gasteiger partial charge in [0.25, 0.3) is 0 Å². The molecule has 22 heavy (non-hydrogen) atoms. The number of amides is 2. The van der Waals surface area contributed by atoms with Gasteiger partial charge in [-0.1, -0.05) is 19.3 Å². The van der Waals surface area contributed by atoms with Crippen molar-refractivity contribution in [2.24, 2.45) is 0 Å². The number of hydrogen-bond donors (Lipinski definition) is 1. The predicted molar refractivity (Wildman–Crippen MR) is 84.3 cm³/mol. The van der Waals surface area contributed by atoms with Gasteiger partial charge >= 0.3 is 12.2 Å². The predicted octanol–water partition coefficient (Wildman–Crippen LogP) is 4.00. The van der Waals surface area contributed by atoms with Crippen LogP contribution < -0.4 is 5.43 Å². The summed E-state index contributed by atoms with van der Waals surface area (Å²) in [6, 6.07) is -0.0453. The average molecular weight is 314 g/mol. The van der Waals surface area contributed by atoms with Gasteiger partial charge < -0.3 is 9.47 Å². The Kier molecular flexibility index (Phi) is 6.08. The summed E-state index contributed by atoms with van der Waals surface area (Å²) in [5.41, 5.74) is 1.34. The van der Waals surface area contributed by atoms with Crippen LogP contribution in [-0.2, 0) is 9.47 Å². The summed E-state index contributed by atoms with van der Waals surface area (Å²) in [5.74, 6) is 0. The fourth-order valence-electron chi connectivity index (χ4n) is 2.34. The number of ether oxygens (including phenoxy) is 2. The molecule has 0 aromatic rings. The molecule has 0 radical (unpaired) electrons. The molecular weight excluding hydrogens is 284 g/mol. The van der Waals surface area contributed by atoms with E-state index in [1.165, 1.54) is 5.01 Å². The van der Waals surface area contributed by atoms with Crippen molar-refractivity contribution >= 4 is 12.2 Å². The second kappa shape index (κ2) is 7.20. The zero-order chi connectivity index (χ0) is 17.0. The van der Waals surface area contributed by atoms with Gasteiger partial charge in [-0.3, -0.25) is 0 Å². The molecule has 0 aliphatic heterocycles. The quantitative estimate of drug-likeness (QED) is 0.743. The second-order valence-corrected chi connectivity index (χ2v) is 7.76. The van der Waals surface area contributed by atoms with Gasteiger partial charge in [0.1, 0.15) is 11.2 Å². The van der Waals surface area contributed by atoms with Crippen LogP contribution in [0.5, 0.6) is 0 Å². The number of carbonyl (C=O) groups excluding carboxylic acids is 2. The summed E-state index contributed by atoms with van der Waals surface area (Å²) < 4.78 is 10.6. The molecule has 1 saturated carbocycles. The van der Waals surface area contributed by atoms with Gasteiger partial charge in [-0.25, -0.2) is 20.0 Å². The van der Waals surface area contributed by atoms with Crippen molar-refractivity contribution in [3.05, 3.63) is 0 Å². The van der Waals surface area contributed by atoms with Crippen molar-refractivity contribution in [2.75, 3.05) is 0 Å². The lowest BCUT2D eigenvalue weighted by molar-refractivity contribution is -0.0137. The molecule has 6 nitrogen and oxygen atoms in total. The van der Waals surface area contributed by atoms with E-state index in [0.717, 1.165) is 32.1 Å². The van der Waals surface area contributed by atoms with E-state index < -0.39 is 23.4 Å². The van der Waals surface area contributed by atoms with Crippen LogP contribution in [0.2, 0.25) is 0 Å². The van der Waals surface area contributed by atoms with E-state index in [4.69, 9.17) is 9.47 Å². The lowest BCUT2D eigenvalue weighted by atomic mass is 9.95. The van der Waals surface area contributed by atoms with Gasteiger partial charge in [-0.05, 0) is 54.4 Å². The Hall–Kier alpha value is -1.46. The number of rotatable bonds is 1. The van der Waals surface area contributed by atoms with Crippen molar-refractivity contribution in [3.63, 3.8) is 0 Å². The summed E-state index contributed by atoms with van der Waals surface area (Å²) in [6.07, 6.45) is 3.78. The first kappa shape index (κ1) is 18.6. The van der Waals surface area contributed by atoms with Crippen LogP contribution >= 0.6 is 0 Å². The first-order chi connectivity index (χ1) is 9.98. The molecule has 6 heteroatoms. The number of nitrogens with zero attached hydrogens (tertiary/aromatic N) is 1. The van der Waals surface area contributed by atoms with Crippen LogP contribution in [0.1, 0.15) is 73.6 Å². The van der Waals surface area contributed by atoms with Crippen LogP contribution in [-0.4, -0.2) is 34.4 Å². The second-order valence-electron chi connectivity index (χ2n) is 7.76. The average Bonchev–Trinajstić information content (AvgIpc) is 2.32. The van der Waals surface area contributed by atoms with Crippen molar-refractivity contribution in [1.82, 2.24) is 10.4 Å². The van der Waals surface area contributed by atoms with Gasteiger partial charge in [-0.2, -0.15) is 0 Å². The highest BCUT2D eigenvalue weighted by Crippen LogP contribution is 2.23. The maximum absolute atomic E-state index is 12.4. The highest BCUT2D eigenvalue weighted by Gasteiger charge is 2.32. The van der Waals surface area contributed by atoms with Crippen molar-refractivity contribution in [1.29, 1.82) is 0 Å². The molecule has 0 spiro atoms. The third-order valence-corrected chi connectivity index (χ3v) is 3.14. The lowest BCUT2D eigenvalue weighted by Crippen LogP contribution is -2.54. The Morgan fingerprint density at radius 2 is 1.41 bits per heavy atom. The molecular formula is C16H30N2O4. The molecule has 1 rings (SSSR count). The Balaban J connectivity index is 2.77. The number of carbonyl (C=O) groups is 2. The minimum Gasteiger partial charge on any atom is -0.443 e. The Bertz CT molecular complexity index is 390. The fourth-order valence-corrected chi connectivity index (χ4v) is 2.34. The van der Waals surface area contributed by atoms with Crippen molar-refractivity contribution < 1.29 is 19.1 Å². The van der Waals surface area contributed by atoms with E-state index in [0.29, 0.717) is 0 Å². The molecule has 0 bridgehead atoms. The fraction of sp³-hybridized carbons (Fsp3) is 0.875. The maximum Gasteiger partial charge on any atom is 0.429 e. The van der Waals surface area contributed by atoms with E-state index in [2.05, 4.69) is 5.43 Å². The summed E-state index contributed by atoms with van der Waals surface area (Å²) in [4.78, 5) is 24.4. The monoisotopic (exact) mass is 314 g/mol. The molecule has 0 saturated heterocycles. The van der Waals surface area contributed by atoms with E-state index in [9.17, 15) is 9.59 Å². The minimum absolute atomic E-state index is 0.0453. The normalized spacial score (nSPS) is 16.8. The first-order valence-electron chi connectivity index (χ1n) is 8.00. The number of hydrogen-bond acceptors (Lipinski definition) is 4.